The van der Waals surface area contributed by atoms with E-state index in [1.165, 1.54) is 0 Å². The van der Waals surface area contributed by atoms with Gasteiger partial charge in [0.25, 0.3) is 11.8 Å². The number of carbonyl (C=O) groups is 3. The molecule has 0 saturated heterocycles. The molecule has 2 aromatic rings. The van der Waals surface area contributed by atoms with Crippen molar-refractivity contribution in [3.63, 3.8) is 0 Å². The topological polar surface area (TPSA) is 75.7 Å². The van der Waals surface area contributed by atoms with E-state index < -0.39 is 23.9 Å². The maximum absolute atomic E-state index is 12.5. The number of hydrogen-bond acceptors (Lipinski definition) is 4. The van der Waals surface area contributed by atoms with E-state index in [9.17, 15) is 14.4 Å². The smallest absolute Gasteiger partial charge is 0.316 e. The fourth-order valence-electron chi connectivity index (χ4n) is 2.90. The zero-order valence-corrected chi connectivity index (χ0v) is 17.4. The molecule has 0 bridgehead atoms. The maximum atomic E-state index is 12.5. The lowest BCUT2D eigenvalue weighted by Gasteiger charge is -2.23. The van der Waals surface area contributed by atoms with Gasteiger partial charge in [-0.15, -0.1) is 0 Å². The number of amides is 2. The fourth-order valence-corrected chi connectivity index (χ4v) is 2.90. The van der Waals surface area contributed by atoms with Gasteiger partial charge in [-0.1, -0.05) is 36.4 Å². The van der Waals surface area contributed by atoms with Crippen LogP contribution in [0.3, 0.4) is 0 Å². The third-order valence-electron chi connectivity index (χ3n) is 4.78. The van der Waals surface area contributed by atoms with Crippen molar-refractivity contribution in [2.75, 3.05) is 25.0 Å². The molecule has 29 heavy (non-hydrogen) atoms. The molecule has 0 heterocycles. The molecule has 0 fully saturated rings. The minimum absolute atomic E-state index is 0.0952. The molecule has 1 N–H and O–H groups in total. The minimum Gasteiger partial charge on any atom is -0.455 e. The summed E-state index contributed by atoms with van der Waals surface area (Å²) in [6.45, 7) is 8.16. The molecule has 2 rings (SSSR count). The van der Waals surface area contributed by atoms with E-state index in [0.29, 0.717) is 24.3 Å². The molecule has 0 saturated carbocycles. The van der Waals surface area contributed by atoms with Crippen LogP contribution in [0, 0.1) is 0 Å². The van der Waals surface area contributed by atoms with Gasteiger partial charge in [-0.25, -0.2) is 0 Å². The van der Waals surface area contributed by atoms with Crippen molar-refractivity contribution in [1.29, 1.82) is 0 Å². The first kappa shape index (κ1) is 22.1. The van der Waals surface area contributed by atoms with Crippen LogP contribution in [0.15, 0.2) is 54.6 Å². The van der Waals surface area contributed by atoms with Crippen LogP contribution in [0.2, 0.25) is 0 Å². The molecule has 0 aliphatic carbocycles. The summed E-state index contributed by atoms with van der Waals surface area (Å²) in [6, 6.07) is 16.0. The summed E-state index contributed by atoms with van der Waals surface area (Å²) in [5.74, 6) is -1.04. The van der Waals surface area contributed by atoms with Gasteiger partial charge < -0.3 is 15.0 Å². The number of esters is 1. The largest absolute Gasteiger partial charge is 0.455 e. The van der Waals surface area contributed by atoms with Crippen LogP contribution in [0.4, 0.5) is 5.69 Å². The van der Waals surface area contributed by atoms with E-state index in [-0.39, 0.29) is 5.91 Å². The van der Waals surface area contributed by atoms with Crippen molar-refractivity contribution in [1.82, 2.24) is 4.90 Å². The highest BCUT2D eigenvalue weighted by Crippen LogP contribution is 2.24. The maximum Gasteiger partial charge on any atom is 0.316 e. The Morgan fingerprint density at radius 3 is 2.24 bits per heavy atom. The zero-order valence-electron chi connectivity index (χ0n) is 17.4. The Morgan fingerprint density at radius 2 is 1.62 bits per heavy atom. The van der Waals surface area contributed by atoms with Gasteiger partial charge >= 0.3 is 5.97 Å². The monoisotopic (exact) mass is 396 g/mol. The molecule has 2 aromatic carbocycles. The molecule has 0 unspecified atom stereocenters. The van der Waals surface area contributed by atoms with Gasteiger partial charge in [-0.3, -0.25) is 14.4 Å². The highest BCUT2D eigenvalue weighted by molar-refractivity contribution is 5.98. The van der Waals surface area contributed by atoms with Crippen LogP contribution in [0.25, 0.3) is 0 Å². The lowest BCUT2D eigenvalue weighted by molar-refractivity contribution is -0.152. The van der Waals surface area contributed by atoms with E-state index in [2.05, 4.69) is 5.32 Å². The molecular weight excluding hydrogens is 368 g/mol. The Hall–Kier alpha value is -3.15. The normalized spacial score (nSPS) is 10.9. The number of nitrogens with zero attached hydrogens (tertiary/aromatic N) is 1. The fraction of sp³-hybridized carbons (Fsp3) is 0.348. The van der Waals surface area contributed by atoms with Gasteiger partial charge in [0, 0.05) is 24.3 Å². The van der Waals surface area contributed by atoms with Crippen molar-refractivity contribution in [3.05, 3.63) is 65.7 Å². The van der Waals surface area contributed by atoms with E-state index in [4.69, 9.17) is 4.74 Å². The van der Waals surface area contributed by atoms with Gasteiger partial charge in [0.2, 0.25) is 0 Å². The summed E-state index contributed by atoms with van der Waals surface area (Å²) in [5, 5.41) is 2.67. The molecule has 0 aliphatic heterocycles. The van der Waals surface area contributed by atoms with E-state index in [1.54, 1.807) is 43.0 Å². The zero-order chi connectivity index (χ0) is 21.4. The van der Waals surface area contributed by atoms with Crippen LogP contribution in [-0.2, 0) is 19.7 Å². The van der Waals surface area contributed by atoms with Crippen molar-refractivity contribution in [2.45, 2.75) is 33.1 Å². The first-order valence-electron chi connectivity index (χ1n) is 9.71. The summed E-state index contributed by atoms with van der Waals surface area (Å²) in [4.78, 5) is 38.8. The summed E-state index contributed by atoms with van der Waals surface area (Å²) < 4.78 is 5.22. The Balaban J connectivity index is 1.97. The number of anilines is 1. The quantitative estimate of drug-likeness (QED) is 0.692. The van der Waals surface area contributed by atoms with Gasteiger partial charge in [-0.2, -0.15) is 0 Å². The number of carbonyl (C=O) groups excluding carboxylic acids is 3. The average Bonchev–Trinajstić information content (AvgIpc) is 2.73. The number of benzene rings is 2. The minimum atomic E-state index is -0.863. The first-order chi connectivity index (χ1) is 13.8. The second-order valence-electron chi connectivity index (χ2n) is 7.17. The Labute approximate surface area is 171 Å². The van der Waals surface area contributed by atoms with Crippen molar-refractivity contribution in [3.8, 4) is 0 Å². The van der Waals surface area contributed by atoms with Crippen molar-refractivity contribution in [2.24, 2.45) is 0 Å². The van der Waals surface area contributed by atoms with Crippen molar-refractivity contribution < 1.29 is 19.1 Å². The molecule has 6 nitrogen and oxygen atoms in total. The highest BCUT2D eigenvalue weighted by Gasteiger charge is 2.31. The third-order valence-corrected chi connectivity index (χ3v) is 4.78. The summed E-state index contributed by atoms with van der Waals surface area (Å²) in [6.07, 6.45) is 0. The van der Waals surface area contributed by atoms with Gasteiger partial charge in [-0.05, 0) is 51.5 Å². The van der Waals surface area contributed by atoms with Crippen molar-refractivity contribution >= 4 is 23.5 Å². The predicted octanol–water partition coefficient (Wildman–Crippen LogP) is 3.63. The molecule has 0 aromatic heterocycles. The summed E-state index contributed by atoms with van der Waals surface area (Å²) in [5.41, 5.74) is 0.922. The van der Waals surface area contributed by atoms with Gasteiger partial charge in [0.05, 0.1) is 5.41 Å². The lowest BCUT2D eigenvalue weighted by atomic mass is 9.85. The molecule has 0 radical (unpaired) electrons. The summed E-state index contributed by atoms with van der Waals surface area (Å²) >= 11 is 0. The Kier molecular flexibility index (Phi) is 7.53. The van der Waals surface area contributed by atoms with E-state index >= 15 is 0 Å². The van der Waals surface area contributed by atoms with E-state index in [1.807, 2.05) is 44.2 Å². The summed E-state index contributed by atoms with van der Waals surface area (Å²) in [7, 11) is 0. The molecule has 154 valence electrons. The lowest BCUT2D eigenvalue weighted by Crippen LogP contribution is -2.33. The number of ether oxygens (including phenoxy) is 1. The van der Waals surface area contributed by atoms with Crippen LogP contribution >= 0.6 is 0 Å². The van der Waals surface area contributed by atoms with Crippen LogP contribution in [0.1, 0.15) is 43.6 Å². The molecule has 0 atom stereocenters. The molecule has 0 spiro atoms. The number of rotatable bonds is 8. The molecule has 6 heteroatoms. The van der Waals surface area contributed by atoms with E-state index in [0.717, 1.165) is 5.56 Å². The second-order valence-corrected chi connectivity index (χ2v) is 7.17. The Bertz CT molecular complexity index is 858. The second kappa shape index (κ2) is 9.87. The average molecular weight is 396 g/mol. The van der Waals surface area contributed by atoms with Crippen LogP contribution < -0.4 is 5.32 Å². The Morgan fingerprint density at radius 1 is 0.966 bits per heavy atom. The van der Waals surface area contributed by atoms with Crippen LogP contribution in [-0.4, -0.2) is 42.4 Å². The van der Waals surface area contributed by atoms with Gasteiger partial charge in [0.15, 0.2) is 6.61 Å². The van der Waals surface area contributed by atoms with Crippen LogP contribution in [0.5, 0.6) is 0 Å². The molecular formula is C23H28N2O4. The predicted molar refractivity (Wildman–Crippen MR) is 113 cm³/mol. The van der Waals surface area contributed by atoms with Gasteiger partial charge in [0.1, 0.15) is 0 Å². The highest BCUT2D eigenvalue weighted by atomic mass is 16.5. The standard InChI is InChI=1S/C23H28N2O4/c1-5-25(6-2)21(27)17-11-10-14-19(15-17)24-20(26)16-29-22(28)23(3,4)18-12-8-7-9-13-18/h7-15H,5-6,16H2,1-4H3,(H,24,26). The SMILES string of the molecule is CCN(CC)C(=O)c1cccc(NC(=O)COC(=O)C(C)(C)c2ccccc2)c1. The first-order valence-corrected chi connectivity index (χ1v) is 9.71. The number of nitrogens with one attached hydrogen (secondary N) is 1. The molecule has 2 amide bonds. The molecule has 0 aliphatic rings. The number of hydrogen-bond donors (Lipinski definition) is 1. The third kappa shape index (κ3) is 5.67.